The molecule has 2 atom stereocenters. The van der Waals surface area contributed by atoms with Crippen molar-refractivity contribution in [1.82, 2.24) is 9.55 Å². The SMILES string of the molecule is CC(=O)C[C@@H]1CN(c2nc3ccccc3n(C)c2=O)[C@@H]1C(=O)O. The number of nitrogens with zero attached hydrogens (tertiary/aromatic N) is 3. The molecule has 23 heavy (non-hydrogen) atoms. The summed E-state index contributed by atoms with van der Waals surface area (Å²) in [6.07, 6.45) is 0.196. The van der Waals surface area contributed by atoms with E-state index < -0.39 is 12.0 Å². The fraction of sp³-hybridized carbons (Fsp3) is 0.375. The Kier molecular flexibility index (Phi) is 3.63. The van der Waals surface area contributed by atoms with E-state index in [2.05, 4.69) is 4.98 Å². The zero-order valence-corrected chi connectivity index (χ0v) is 12.9. The lowest BCUT2D eigenvalue weighted by atomic mass is 9.84. The first-order valence-corrected chi connectivity index (χ1v) is 7.35. The Morgan fingerprint density at radius 2 is 2.04 bits per heavy atom. The van der Waals surface area contributed by atoms with Crippen LogP contribution in [0.1, 0.15) is 13.3 Å². The predicted octanol–water partition coefficient (Wildman–Crippen LogP) is 0.802. The van der Waals surface area contributed by atoms with Gasteiger partial charge in [0.05, 0.1) is 11.0 Å². The van der Waals surface area contributed by atoms with Crippen LogP contribution < -0.4 is 10.5 Å². The molecule has 120 valence electrons. The molecule has 0 amide bonds. The van der Waals surface area contributed by atoms with E-state index in [1.807, 2.05) is 12.1 Å². The smallest absolute Gasteiger partial charge is 0.326 e. The van der Waals surface area contributed by atoms with Gasteiger partial charge < -0.3 is 19.4 Å². The molecular formula is C16H17N3O4. The molecule has 1 fully saturated rings. The lowest BCUT2D eigenvalue weighted by Crippen LogP contribution is -2.62. The number of benzene rings is 1. The number of carboxylic acids is 1. The molecule has 0 spiro atoms. The number of aliphatic carboxylic acids is 1. The van der Waals surface area contributed by atoms with Crippen molar-refractivity contribution in [3.63, 3.8) is 0 Å². The first-order chi connectivity index (χ1) is 10.9. The summed E-state index contributed by atoms with van der Waals surface area (Å²) in [5.74, 6) is -1.26. The van der Waals surface area contributed by atoms with Gasteiger partial charge in [-0.1, -0.05) is 12.1 Å². The van der Waals surface area contributed by atoms with Gasteiger partial charge in [-0.25, -0.2) is 9.78 Å². The van der Waals surface area contributed by atoms with Crippen LogP contribution in [0.3, 0.4) is 0 Å². The van der Waals surface area contributed by atoms with E-state index >= 15 is 0 Å². The van der Waals surface area contributed by atoms with E-state index in [1.54, 1.807) is 19.2 Å². The average molecular weight is 315 g/mol. The summed E-state index contributed by atoms with van der Waals surface area (Å²) in [5, 5.41) is 9.43. The van der Waals surface area contributed by atoms with Gasteiger partial charge in [-0.05, 0) is 19.1 Å². The number of ketones is 1. The van der Waals surface area contributed by atoms with Gasteiger partial charge in [0.1, 0.15) is 11.8 Å². The molecule has 7 nitrogen and oxygen atoms in total. The number of carboxylic acid groups (broad SMARTS) is 1. The predicted molar refractivity (Wildman–Crippen MR) is 84.5 cm³/mol. The van der Waals surface area contributed by atoms with Gasteiger partial charge in [0.25, 0.3) is 5.56 Å². The third-order valence-corrected chi connectivity index (χ3v) is 4.25. The number of carbonyl (C=O) groups excluding carboxylic acids is 1. The molecule has 0 aliphatic carbocycles. The van der Waals surface area contributed by atoms with Crippen molar-refractivity contribution in [3.05, 3.63) is 34.6 Å². The van der Waals surface area contributed by atoms with Crippen LogP contribution in [0.4, 0.5) is 5.82 Å². The van der Waals surface area contributed by atoms with Crippen LogP contribution >= 0.6 is 0 Å². The maximum absolute atomic E-state index is 12.5. The van der Waals surface area contributed by atoms with Gasteiger partial charge in [0.15, 0.2) is 5.82 Å². The van der Waals surface area contributed by atoms with Crippen molar-refractivity contribution in [2.75, 3.05) is 11.4 Å². The minimum absolute atomic E-state index is 0.0553. The van der Waals surface area contributed by atoms with Crippen LogP contribution in [-0.2, 0) is 16.6 Å². The fourth-order valence-corrected chi connectivity index (χ4v) is 3.13. The lowest BCUT2D eigenvalue weighted by Gasteiger charge is -2.45. The van der Waals surface area contributed by atoms with Crippen molar-refractivity contribution >= 4 is 28.6 Å². The molecule has 1 saturated heterocycles. The minimum atomic E-state index is -1.04. The van der Waals surface area contributed by atoms with Crippen molar-refractivity contribution in [2.24, 2.45) is 13.0 Å². The van der Waals surface area contributed by atoms with Gasteiger partial charge in [0, 0.05) is 25.9 Å². The number of hydrogen-bond acceptors (Lipinski definition) is 5. The summed E-state index contributed by atoms with van der Waals surface area (Å²) in [7, 11) is 1.64. The number of aryl methyl sites for hydroxylation is 1. The van der Waals surface area contributed by atoms with Crippen LogP contribution in [0.5, 0.6) is 0 Å². The van der Waals surface area contributed by atoms with Crippen molar-refractivity contribution in [3.8, 4) is 0 Å². The quantitative estimate of drug-likeness (QED) is 0.897. The van der Waals surface area contributed by atoms with E-state index in [1.165, 1.54) is 16.4 Å². The first-order valence-electron chi connectivity index (χ1n) is 7.35. The third-order valence-electron chi connectivity index (χ3n) is 4.25. The summed E-state index contributed by atoms with van der Waals surface area (Å²) in [5.41, 5.74) is 0.980. The van der Waals surface area contributed by atoms with E-state index in [0.717, 1.165) is 0 Å². The van der Waals surface area contributed by atoms with Crippen molar-refractivity contribution in [1.29, 1.82) is 0 Å². The van der Waals surface area contributed by atoms with E-state index in [9.17, 15) is 19.5 Å². The Morgan fingerprint density at radius 1 is 1.35 bits per heavy atom. The highest BCUT2D eigenvalue weighted by Crippen LogP contribution is 2.31. The number of aromatic nitrogens is 2. The van der Waals surface area contributed by atoms with Gasteiger partial charge in [0.2, 0.25) is 0 Å². The summed E-state index contributed by atoms with van der Waals surface area (Å²) < 4.78 is 1.47. The highest BCUT2D eigenvalue weighted by Gasteiger charge is 2.46. The second kappa shape index (κ2) is 5.49. The van der Waals surface area contributed by atoms with Gasteiger partial charge in [-0.2, -0.15) is 0 Å². The number of fused-ring (bicyclic) bond motifs is 1. The van der Waals surface area contributed by atoms with Crippen LogP contribution in [0.15, 0.2) is 29.1 Å². The zero-order valence-electron chi connectivity index (χ0n) is 12.9. The Hall–Kier alpha value is -2.70. The number of rotatable bonds is 4. The summed E-state index contributed by atoms with van der Waals surface area (Å²) >= 11 is 0. The molecule has 1 aliphatic heterocycles. The van der Waals surface area contributed by atoms with Gasteiger partial charge >= 0.3 is 5.97 Å². The molecule has 7 heteroatoms. The normalized spacial score (nSPS) is 20.3. The molecule has 1 aliphatic rings. The highest BCUT2D eigenvalue weighted by atomic mass is 16.4. The van der Waals surface area contributed by atoms with E-state index in [0.29, 0.717) is 17.6 Å². The van der Waals surface area contributed by atoms with Crippen molar-refractivity contribution < 1.29 is 14.7 Å². The molecule has 1 aromatic heterocycles. The Bertz CT molecular complexity index is 858. The number of hydrogen-bond donors (Lipinski definition) is 1. The van der Waals surface area contributed by atoms with Gasteiger partial charge in [-0.3, -0.25) is 4.79 Å². The Morgan fingerprint density at radius 3 is 2.70 bits per heavy atom. The average Bonchev–Trinajstić information content (AvgIpc) is 2.46. The fourth-order valence-electron chi connectivity index (χ4n) is 3.13. The largest absolute Gasteiger partial charge is 0.480 e. The molecule has 2 heterocycles. The third kappa shape index (κ3) is 2.48. The molecule has 0 saturated carbocycles. The number of para-hydroxylation sites is 2. The second-order valence-electron chi connectivity index (χ2n) is 5.89. The van der Waals surface area contributed by atoms with Crippen LogP contribution in [0.2, 0.25) is 0 Å². The molecule has 1 N–H and O–H groups in total. The standard InChI is InChI=1S/C16H17N3O4/c1-9(20)7-10-8-19(13(10)16(22)23)14-15(21)18(2)12-6-4-3-5-11(12)17-14/h3-6,10,13H,7-8H2,1-2H3,(H,22,23)/t10-,13+/m1/s1. The molecular weight excluding hydrogens is 298 g/mol. The molecule has 0 unspecified atom stereocenters. The Balaban J connectivity index is 2.04. The van der Waals surface area contributed by atoms with Crippen LogP contribution in [0, 0.1) is 5.92 Å². The summed E-state index contributed by atoms with van der Waals surface area (Å²) in [6, 6.07) is 6.31. The second-order valence-corrected chi connectivity index (χ2v) is 5.89. The molecule has 1 aromatic carbocycles. The molecule has 0 bridgehead atoms. The van der Waals surface area contributed by atoms with Crippen LogP contribution in [0.25, 0.3) is 11.0 Å². The molecule has 0 radical (unpaired) electrons. The topological polar surface area (TPSA) is 92.5 Å². The molecule has 2 aromatic rings. The Labute approximate surface area is 132 Å². The van der Waals surface area contributed by atoms with Crippen LogP contribution in [-0.4, -0.2) is 39.0 Å². The lowest BCUT2D eigenvalue weighted by molar-refractivity contribution is -0.142. The van der Waals surface area contributed by atoms with Gasteiger partial charge in [-0.15, -0.1) is 0 Å². The molecule has 3 rings (SSSR count). The zero-order chi connectivity index (χ0) is 16.7. The van der Waals surface area contributed by atoms with E-state index in [4.69, 9.17) is 0 Å². The number of carbonyl (C=O) groups is 2. The maximum Gasteiger partial charge on any atom is 0.326 e. The number of anilines is 1. The number of Topliss-reactive ketones (excluding diaryl/α,β-unsaturated/α-hetero) is 1. The van der Waals surface area contributed by atoms with Crippen molar-refractivity contribution in [2.45, 2.75) is 19.4 Å². The summed E-state index contributed by atoms with van der Waals surface area (Å²) in [4.78, 5) is 41.1. The minimum Gasteiger partial charge on any atom is -0.480 e. The highest BCUT2D eigenvalue weighted by molar-refractivity contribution is 5.84. The van der Waals surface area contributed by atoms with E-state index in [-0.39, 0.29) is 29.5 Å². The maximum atomic E-state index is 12.5. The monoisotopic (exact) mass is 315 g/mol. The summed E-state index contributed by atoms with van der Waals surface area (Å²) in [6.45, 7) is 1.78. The first kappa shape index (κ1) is 15.2.